The van der Waals surface area contributed by atoms with E-state index < -0.39 is 0 Å². The summed E-state index contributed by atoms with van der Waals surface area (Å²) in [5, 5.41) is 3.22. The van der Waals surface area contributed by atoms with Crippen molar-refractivity contribution >= 4 is 5.97 Å². The van der Waals surface area contributed by atoms with Crippen LogP contribution >= 0.6 is 0 Å². The maximum absolute atomic E-state index is 11.2. The van der Waals surface area contributed by atoms with Crippen molar-refractivity contribution in [1.82, 2.24) is 5.32 Å². The van der Waals surface area contributed by atoms with Crippen molar-refractivity contribution in [3.05, 3.63) is 11.6 Å². The van der Waals surface area contributed by atoms with Crippen LogP contribution in [0.4, 0.5) is 0 Å². The molecule has 1 rings (SSSR count). The first-order valence-electron chi connectivity index (χ1n) is 4.24. The van der Waals surface area contributed by atoms with Gasteiger partial charge in [-0.2, -0.15) is 0 Å². The van der Waals surface area contributed by atoms with Crippen LogP contribution in [0.2, 0.25) is 0 Å². The summed E-state index contributed by atoms with van der Waals surface area (Å²) < 4.78 is 4.68. The second-order valence-corrected chi connectivity index (χ2v) is 2.93. The fraction of sp³-hybridized carbons (Fsp3) is 0.667. The molecule has 1 aliphatic rings. The molecule has 1 unspecified atom stereocenters. The van der Waals surface area contributed by atoms with Crippen molar-refractivity contribution in [1.29, 1.82) is 0 Å². The topological polar surface area (TPSA) is 38.3 Å². The summed E-state index contributed by atoms with van der Waals surface area (Å²) in [5.41, 5.74) is 0.808. The molecule has 1 atom stereocenters. The molecule has 0 aromatic rings. The van der Waals surface area contributed by atoms with Crippen LogP contribution in [-0.2, 0) is 9.53 Å². The fourth-order valence-corrected chi connectivity index (χ4v) is 1.56. The molecule has 0 bridgehead atoms. The van der Waals surface area contributed by atoms with E-state index in [0.29, 0.717) is 5.92 Å². The van der Waals surface area contributed by atoms with Gasteiger partial charge in [-0.05, 0) is 19.9 Å². The lowest BCUT2D eigenvalue weighted by atomic mass is 9.98. The van der Waals surface area contributed by atoms with Crippen LogP contribution in [0.25, 0.3) is 0 Å². The lowest BCUT2D eigenvalue weighted by Gasteiger charge is -2.10. The smallest absolute Gasteiger partial charge is 0.333 e. The van der Waals surface area contributed by atoms with Crippen LogP contribution in [0.1, 0.15) is 13.3 Å². The molecule has 1 fully saturated rings. The molecule has 0 aromatic heterocycles. The Morgan fingerprint density at radius 2 is 2.42 bits per heavy atom. The second-order valence-electron chi connectivity index (χ2n) is 2.93. The van der Waals surface area contributed by atoms with Gasteiger partial charge in [-0.1, -0.05) is 6.08 Å². The highest BCUT2D eigenvalue weighted by atomic mass is 16.5. The van der Waals surface area contributed by atoms with Gasteiger partial charge in [0.2, 0.25) is 0 Å². The van der Waals surface area contributed by atoms with Gasteiger partial charge in [0.05, 0.1) is 7.11 Å². The average molecular weight is 169 g/mol. The molecule has 0 aromatic carbocycles. The zero-order valence-electron chi connectivity index (χ0n) is 7.59. The van der Waals surface area contributed by atoms with Crippen molar-refractivity contribution in [3.8, 4) is 0 Å². The third kappa shape index (κ3) is 1.85. The molecular formula is C9H15NO2. The predicted octanol–water partition coefficient (Wildman–Crippen LogP) is 0.715. The van der Waals surface area contributed by atoms with Gasteiger partial charge in [-0.3, -0.25) is 0 Å². The second kappa shape index (κ2) is 4.26. The van der Waals surface area contributed by atoms with Crippen LogP contribution in [0, 0.1) is 5.92 Å². The molecule has 0 radical (unpaired) electrons. The molecule has 1 N–H and O–H groups in total. The van der Waals surface area contributed by atoms with Crippen molar-refractivity contribution in [2.24, 2.45) is 5.92 Å². The van der Waals surface area contributed by atoms with Gasteiger partial charge in [0.1, 0.15) is 0 Å². The minimum Gasteiger partial charge on any atom is -0.466 e. The number of methoxy groups -OCH3 is 1. The summed E-state index contributed by atoms with van der Waals surface area (Å²) in [5.74, 6) is 0.161. The Labute approximate surface area is 72.8 Å². The molecule has 1 saturated heterocycles. The van der Waals surface area contributed by atoms with Crippen LogP contribution < -0.4 is 5.32 Å². The lowest BCUT2D eigenvalue weighted by molar-refractivity contribution is -0.136. The normalized spacial score (nSPS) is 24.2. The molecule has 3 heteroatoms. The Balaban J connectivity index is 2.61. The molecule has 0 amide bonds. The molecular weight excluding hydrogens is 154 g/mol. The van der Waals surface area contributed by atoms with Crippen molar-refractivity contribution in [2.75, 3.05) is 20.2 Å². The largest absolute Gasteiger partial charge is 0.466 e. The first-order valence-corrected chi connectivity index (χ1v) is 4.24. The zero-order valence-corrected chi connectivity index (χ0v) is 7.59. The van der Waals surface area contributed by atoms with E-state index in [1.807, 2.05) is 13.0 Å². The summed E-state index contributed by atoms with van der Waals surface area (Å²) in [6.45, 7) is 3.78. The van der Waals surface area contributed by atoms with E-state index in [0.717, 1.165) is 25.1 Å². The molecule has 0 aliphatic carbocycles. The molecule has 1 aliphatic heterocycles. The van der Waals surface area contributed by atoms with Crippen molar-refractivity contribution in [2.45, 2.75) is 13.3 Å². The summed E-state index contributed by atoms with van der Waals surface area (Å²) in [6.07, 6.45) is 2.89. The Morgan fingerprint density at radius 1 is 1.67 bits per heavy atom. The number of hydrogen-bond acceptors (Lipinski definition) is 3. The highest BCUT2D eigenvalue weighted by Gasteiger charge is 2.23. The van der Waals surface area contributed by atoms with E-state index in [-0.39, 0.29) is 5.97 Å². The fourth-order valence-electron chi connectivity index (χ4n) is 1.56. The first-order chi connectivity index (χ1) is 5.79. The van der Waals surface area contributed by atoms with Gasteiger partial charge in [0, 0.05) is 18.0 Å². The van der Waals surface area contributed by atoms with E-state index in [9.17, 15) is 4.79 Å². The van der Waals surface area contributed by atoms with Gasteiger partial charge >= 0.3 is 5.97 Å². The quantitative estimate of drug-likeness (QED) is 0.489. The predicted molar refractivity (Wildman–Crippen MR) is 46.7 cm³/mol. The number of carbonyl (C=O) groups excluding carboxylic acids is 1. The number of carbonyl (C=O) groups is 1. The molecule has 68 valence electrons. The van der Waals surface area contributed by atoms with Crippen LogP contribution in [0.3, 0.4) is 0 Å². The van der Waals surface area contributed by atoms with Crippen molar-refractivity contribution in [3.63, 3.8) is 0 Å². The van der Waals surface area contributed by atoms with Crippen molar-refractivity contribution < 1.29 is 9.53 Å². The van der Waals surface area contributed by atoms with Gasteiger partial charge in [0.15, 0.2) is 0 Å². The first kappa shape index (κ1) is 9.26. The molecule has 0 saturated carbocycles. The van der Waals surface area contributed by atoms with E-state index in [1.54, 1.807) is 0 Å². The summed E-state index contributed by atoms with van der Waals surface area (Å²) in [6, 6.07) is 0. The monoisotopic (exact) mass is 169 g/mol. The van der Waals surface area contributed by atoms with Crippen LogP contribution in [-0.4, -0.2) is 26.2 Å². The zero-order chi connectivity index (χ0) is 8.97. The third-order valence-electron chi connectivity index (χ3n) is 2.23. The molecule has 3 nitrogen and oxygen atoms in total. The highest BCUT2D eigenvalue weighted by Crippen LogP contribution is 2.18. The number of ether oxygens (including phenoxy) is 1. The maximum atomic E-state index is 11.2. The van der Waals surface area contributed by atoms with Crippen LogP contribution in [0.15, 0.2) is 11.6 Å². The molecule has 12 heavy (non-hydrogen) atoms. The summed E-state index contributed by atoms with van der Waals surface area (Å²) >= 11 is 0. The standard InChI is InChI=1S/C9H15NO2/c1-3-8(9(11)12-2)7-4-5-10-6-7/h3,7,10H,4-6H2,1-2H3. The summed E-state index contributed by atoms with van der Waals surface area (Å²) in [7, 11) is 1.42. The van der Waals surface area contributed by atoms with E-state index in [1.165, 1.54) is 7.11 Å². The number of nitrogens with one attached hydrogen (secondary N) is 1. The van der Waals surface area contributed by atoms with Gasteiger partial charge < -0.3 is 10.1 Å². The average Bonchev–Trinajstić information content (AvgIpc) is 2.58. The number of hydrogen-bond donors (Lipinski definition) is 1. The van der Waals surface area contributed by atoms with Gasteiger partial charge in [-0.15, -0.1) is 0 Å². The maximum Gasteiger partial charge on any atom is 0.333 e. The van der Waals surface area contributed by atoms with Gasteiger partial charge in [-0.25, -0.2) is 4.79 Å². The molecule has 1 heterocycles. The minimum atomic E-state index is -0.189. The Morgan fingerprint density at radius 3 is 2.83 bits per heavy atom. The van der Waals surface area contributed by atoms with Crippen LogP contribution in [0.5, 0.6) is 0 Å². The Hall–Kier alpha value is -0.830. The van der Waals surface area contributed by atoms with E-state index in [2.05, 4.69) is 10.1 Å². The third-order valence-corrected chi connectivity index (χ3v) is 2.23. The number of allylic oxidation sites excluding steroid dienone is 1. The van der Waals surface area contributed by atoms with E-state index in [4.69, 9.17) is 0 Å². The lowest BCUT2D eigenvalue weighted by Crippen LogP contribution is -2.17. The summed E-state index contributed by atoms with van der Waals surface area (Å²) in [4.78, 5) is 11.2. The SMILES string of the molecule is CC=C(C(=O)OC)C1CCNC1. The Bertz CT molecular complexity index is 193. The van der Waals surface area contributed by atoms with Gasteiger partial charge in [0.25, 0.3) is 0 Å². The Kier molecular flexibility index (Phi) is 3.29. The number of esters is 1. The highest BCUT2D eigenvalue weighted by molar-refractivity contribution is 5.88. The number of rotatable bonds is 2. The minimum absolute atomic E-state index is 0.189. The molecule has 0 spiro atoms. The van der Waals surface area contributed by atoms with E-state index >= 15 is 0 Å².